The van der Waals surface area contributed by atoms with Crippen molar-refractivity contribution < 1.29 is 19.1 Å². The zero-order valence-electron chi connectivity index (χ0n) is 18.6. The van der Waals surface area contributed by atoms with Gasteiger partial charge in [0.05, 0.1) is 12.1 Å². The number of rotatable bonds is 8. The van der Waals surface area contributed by atoms with Crippen LogP contribution in [0.2, 0.25) is 0 Å². The van der Waals surface area contributed by atoms with E-state index < -0.39 is 6.04 Å². The topological polar surface area (TPSA) is 75.7 Å². The van der Waals surface area contributed by atoms with Gasteiger partial charge in [0.25, 0.3) is 0 Å². The minimum absolute atomic E-state index is 0.102. The SMILES string of the molecule is O=Cc1ccc(CC(=O)N2CCC[C@@H]2C(=O)Nc2ccccc2OCc2ccccc2Br)cc1. The lowest BCUT2D eigenvalue weighted by Crippen LogP contribution is -2.43. The Hall–Kier alpha value is -3.45. The average Bonchev–Trinajstić information content (AvgIpc) is 3.35. The summed E-state index contributed by atoms with van der Waals surface area (Å²) >= 11 is 3.52. The van der Waals surface area contributed by atoms with Gasteiger partial charge in [-0.25, -0.2) is 0 Å². The number of likely N-dealkylation sites (tertiary alicyclic amines) is 1. The standard InChI is InChI=1S/C27H25BrN2O4/c28-22-7-2-1-6-21(22)18-34-25-10-4-3-8-23(25)29-27(33)24-9-5-15-30(24)26(32)16-19-11-13-20(17-31)14-12-19/h1-4,6-8,10-14,17,24H,5,9,15-16,18H2,(H,29,33)/t24-/m1/s1. The normalized spacial score (nSPS) is 15.1. The van der Waals surface area contributed by atoms with E-state index in [1.54, 1.807) is 35.2 Å². The second-order valence-electron chi connectivity index (χ2n) is 8.15. The molecule has 4 rings (SSSR count). The first-order valence-electron chi connectivity index (χ1n) is 11.1. The Kier molecular flexibility index (Phi) is 7.75. The largest absolute Gasteiger partial charge is 0.487 e. The Bertz CT molecular complexity index is 1180. The van der Waals surface area contributed by atoms with Gasteiger partial charge < -0.3 is 15.0 Å². The molecule has 3 aromatic carbocycles. The number of benzene rings is 3. The Labute approximate surface area is 207 Å². The molecular formula is C27H25BrN2O4. The molecular weight excluding hydrogens is 496 g/mol. The van der Waals surface area contributed by atoms with Crippen molar-refractivity contribution >= 4 is 39.7 Å². The third-order valence-corrected chi connectivity index (χ3v) is 6.61. The van der Waals surface area contributed by atoms with Gasteiger partial charge in [-0.3, -0.25) is 14.4 Å². The van der Waals surface area contributed by atoms with Crippen LogP contribution >= 0.6 is 15.9 Å². The molecule has 2 amide bonds. The maximum atomic E-state index is 13.1. The number of carbonyl (C=O) groups is 3. The summed E-state index contributed by atoms with van der Waals surface area (Å²) in [5.41, 5.74) is 2.95. The van der Waals surface area contributed by atoms with E-state index >= 15 is 0 Å². The number of hydrogen-bond acceptors (Lipinski definition) is 4. The molecule has 1 aliphatic heterocycles. The van der Waals surface area contributed by atoms with Gasteiger partial charge in [-0.05, 0) is 36.6 Å². The molecule has 1 N–H and O–H groups in total. The number of hydrogen-bond donors (Lipinski definition) is 1. The molecule has 6 nitrogen and oxygen atoms in total. The quantitative estimate of drug-likeness (QED) is 0.423. The first-order chi connectivity index (χ1) is 16.5. The highest BCUT2D eigenvalue weighted by Gasteiger charge is 2.34. The lowest BCUT2D eigenvalue weighted by molar-refractivity contribution is -0.136. The number of aldehydes is 1. The molecule has 34 heavy (non-hydrogen) atoms. The maximum Gasteiger partial charge on any atom is 0.247 e. The van der Waals surface area contributed by atoms with Gasteiger partial charge >= 0.3 is 0 Å². The van der Waals surface area contributed by atoms with Gasteiger partial charge in [0, 0.05) is 22.1 Å². The van der Waals surface area contributed by atoms with Crippen LogP contribution in [0.5, 0.6) is 5.75 Å². The van der Waals surface area contributed by atoms with E-state index in [2.05, 4.69) is 21.2 Å². The van der Waals surface area contributed by atoms with Crippen molar-refractivity contribution in [3.05, 3.63) is 94.0 Å². The third kappa shape index (κ3) is 5.72. The third-order valence-electron chi connectivity index (χ3n) is 5.83. The van der Waals surface area contributed by atoms with Gasteiger partial charge in [-0.2, -0.15) is 0 Å². The summed E-state index contributed by atoms with van der Waals surface area (Å²) in [5, 5.41) is 2.96. The van der Waals surface area contributed by atoms with Crippen LogP contribution in [0.25, 0.3) is 0 Å². The number of para-hydroxylation sites is 2. The summed E-state index contributed by atoms with van der Waals surface area (Å²) in [5.74, 6) is 0.242. The molecule has 0 unspecified atom stereocenters. The van der Waals surface area contributed by atoms with Crippen LogP contribution in [0.15, 0.2) is 77.3 Å². The number of amides is 2. The Balaban J connectivity index is 1.41. The van der Waals surface area contributed by atoms with Crippen molar-refractivity contribution in [2.45, 2.75) is 31.9 Å². The molecule has 1 aliphatic rings. The number of anilines is 1. The van der Waals surface area contributed by atoms with Crippen molar-refractivity contribution in [3.63, 3.8) is 0 Å². The van der Waals surface area contributed by atoms with Crippen LogP contribution in [0, 0.1) is 0 Å². The summed E-state index contributed by atoms with van der Waals surface area (Å²) in [4.78, 5) is 38.6. The molecule has 0 saturated carbocycles. The smallest absolute Gasteiger partial charge is 0.247 e. The summed E-state index contributed by atoms with van der Waals surface area (Å²) < 4.78 is 6.95. The second-order valence-corrected chi connectivity index (χ2v) is 9.00. The number of nitrogens with one attached hydrogen (secondary N) is 1. The van der Waals surface area contributed by atoms with Crippen LogP contribution < -0.4 is 10.1 Å². The molecule has 1 fully saturated rings. The fourth-order valence-corrected chi connectivity index (χ4v) is 4.41. The number of carbonyl (C=O) groups excluding carboxylic acids is 3. The summed E-state index contributed by atoms with van der Waals surface area (Å²) in [7, 11) is 0. The molecule has 1 heterocycles. The van der Waals surface area contributed by atoms with E-state index in [0.29, 0.717) is 36.6 Å². The van der Waals surface area contributed by atoms with Crippen LogP contribution in [0.1, 0.15) is 34.3 Å². The molecule has 1 saturated heterocycles. The monoisotopic (exact) mass is 520 g/mol. The molecule has 1 atom stereocenters. The highest BCUT2D eigenvalue weighted by atomic mass is 79.9. The summed E-state index contributed by atoms with van der Waals surface area (Å²) in [6.07, 6.45) is 2.34. The number of nitrogens with zero attached hydrogens (tertiary/aromatic N) is 1. The Morgan fingerprint density at radius 3 is 2.53 bits per heavy atom. The molecule has 3 aromatic rings. The first kappa shape index (κ1) is 23.7. The first-order valence-corrected chi connectivity index (χ1v) is 11.9. The Morgan fingerprint density at radius 2 is 1.76 bits per heavy atom. The number of halogens is 1. The molecule has 7 heteroatoms. The second kappa shape index (κ2) is 11.1. The van der Waals surface area contributed by atoms with E-state index in [4.69, 9.17) is 4.74 Å². The molecule has 0 spiro atoms. The molecule has 0 radical (unpaired) electrons. The van der Waals surface area contributed by atoms with Crippen LogP contribution in [-0.4, -0.2) is 35.6 Å². The lowest BCUT2D eigenvalue weighted by Gasteiger charge is -2.24. The molecule has 0 bridgehead atoms. The van der Waals surface area contributed by atoms with E-state index in [0.717, 1.165) is 28.3 Å². The predicted molar refractivity (Wildman–Crippen MR) is 134 cm³/mol. The number of ether oxygens (including phenoxy) is 1. The van der Waals surface area contributed by atoms with Gasteiger partial charge in [0.2, 0.25) is 11.8 Å². The maximum absolute atomic E-state index is 13.1. The van der Waals surface area contributed by atoms with Gasteiger partial charge in [0.15, 0.2) is 0 Å². The fourth-order valence-electron chi connectivity index (χ4n) is 4.01. The van der Waals surface area contributed by atoms with Gasteiger partial charge in [-0.15, -0.1) is 0 Å². The van der Waals surface area contributed by atoms with E-state index in [1.807, 2.05) is 42.5 Å². The van der Waals surface area contributed by atoms with Crippen molar-refractivity contribution in [2.24, 2.45) is 0 Å². The van der Waals surface area contributed by atoms with Crippen LogP contribution in [0.3, 0.4) is 0 Å². The summed E-state index contributed by atoms with van der Waals surface area (Å²) in [6.45, 7) is 0.898. The zero-order chi connectivity index (χ0) is 23.9. The van der Waals surface area contributed by atoms with E-state index in [-0.39, 0.29) is 18.2 Å². The van der Waals surface area contributed by atoms with Crippen molar-refractivity contribution in [1.29, 1.82) is 0 Å². The van der Waals surface area contributed by atoms with E-state index in [1.165, 1.54) is 0 Å². The highest BCUT2D eigenvalue weighted by molar-refractivity contribution is 9.10. The molecule has 0 aromatic heterocycles. The predicted octanol–water partition coefficient (Wildman–Crippen LogP) is 5.01. The van der Waals surface area contributed by atoms with Crippen molar-refractivity contribution in [1.82, 2.24) is 4.90 Å². The van der Waals surface area contributed by atoms with Crippen LogP contribution in [0.4, 0.5) is 5.69 Å². The molecule has 0 aliphatic carbocycles. The minimum Gasteiger partial charge on any atom is -0.487 e. The minimum atomic E-state index is -0.530. The lowest BCUT2D eigenvalue weighted by atomic mass is 10.1. The Morgan fingerprint density at radius 1 is 1.03 bits per heavy atom. The fraction of sp³-hybridized carbons (Fsp3) is 0.222. The molecule has 174 valence electrons. The average molecular weight is 521 g/mol. The van der Waals surface area contributed by atoms with Crippen molar-refractivity contribution in [3.8, 4) is 5.75 Å². The summed E-state index contributed by atoms with van der Waals surface area (Å²) in [6, 6.07) is 21.5. The highest BCUT2D eigenvalue weighted by Crippen LogP contribution is 2.28. The van der Waals surface area contributed by atoms with E-state index in [9.17, 15) is 14.4 Å². The zero-order valence-corrected chi connectivity index (χ0v) is 20.2. The van der Waals surface area contributed by atoms with Gasteiger partial charge in [0.1, 0.15) is 24.7 Å². The van der Waals surface area contributed by atoms with Crippen molar-refractivity contribution in [2.75, 3.05) is 11.9 Å². The van der Waals surface area contributed by atoms with Gasteiger partial charge in [-0.1, -0.05) is 70.5 Å². The van der Waals surface area contributed by atoms with Crippen LogP contribution in [-0.2, 0) is 22.6 Å².